The molecule has 0 spiro atoms. The van der Waals surface area contributed by atoms with Crippen molar-refractivity contribution in [1.29, 1.82) is 0 Å². The smallest absolute Gasteiger partial charge is 0.287 e. The maximum atomic E-state index is 12.5. The maximum absolute atomic E-state index is 12.5. The molecule has 3 aromatic heterocycles. The van der Waals surface area contributed by atoms with E-state index in [2.05, 4.69) is 25.8 Å². The first-order chi connectivity index (χ1) is 13.9. The monoisotopic (exact) mass is 434 g/mol. The third kappa shape index (κ3) is 5.04. The minimum Gasteiger partial charge on any atom is -0.459 e. The van der Waals surface area contributed by atoms with Crippen molar-refractivity contribution in [2.24, 2.45) is 0 Å². The van der Waals surface area contributed by atoms with E-state index in [0.29, 0.717) is 22.7 Å². The molecule has 3 rings (SSSR count). The minimum absolute atomic E-state index is 0.151. The average Bonchev–Trinajstić information content (AvgIpc) is 3.41. The predicted octanol–water partition coefficient (Wildman–Crippen LogP) is 3.01. The summed E-state index contributed by atoms with van der Waals surface area (Å²) in [5.74, 6) is 0.368. The average molecular weight is 435 g/mol. The van der Waals surface area contributed by atoms with Crippen LogP contribution in [0.2, 0.25) is 0 Å². The number of rotatable bonds is 8. The molecule has 2 amide bonds. The van der Waals surface area contributed by atoms with E-state index in [1.807, 2.05) is 25.3 Å². The Bertz CT molecular complexity index is 976. The molecule has 0 radical (unpaired) electrons. The first-order valence-electron chi connectivity index (χ1n) is 9.04. The second kappa shape index (κ2) is 9.23. The molecule has 0 aliphatic rings. The molecule has 1 unspecified atom stereocenters. The van der Waals surface area contributed by atoms with Gasteiger partial charge in [0, 0.05) is 11.4 Å². The zero-order valence-corrected chi connectivity index (χ0v) is 18.2. The Balaban J connectivity index is 1.61. The molecule has 2 N–H and O–H groups in total. The van der Waals surface area contributed by atoms with Gasteiger partial charge in [0.1, 0.15) is 0 Å². The third-order valence-electron chi connectivity index (χ3n) is 4.17. The number of aryl methyl sites for hydroxylation is 2. The van der Waals surface area contributed by atoms with Crippen molar-refractivity contribution in [3.63, 3.8) is 0 Å². The number of aromatic nitrogens is 4. The van der Waals surface area contributed by atoms with Gasteiger partial charge in [-0.3, -0.25) is 9.59 Å². The molecule has 0 bridgehead atoms. The molecule has 0 fully saturated rings. The van der Waals surface area contributed by atoms with Crippen molar-refractivity contribution in [2.45, 2.75) is 51.2 Å². The number of furan rings is 1. The van der Waals surface area contributed by atoms with Crippen LogP contribution in [0.25, 0.3) is 0 Å². The first kappa shape index (κ1) is 21.1. The predicted molar refractivity (Wildman–Crippen MR) is 111 cm³/mol. The van der Waals surface area contributed by atoms with E-state index < -0.39 is 0 Å². The number of hydrogen-bond acceptors (Lipinski definition) is 8. The minimum atomic E-state index is -0.389. The Morgan fingerprint density at radius 1 is 1.34 bits per heavy atom. The number of hydrogen-bond donors (Lipinski definition) is 2. The van der Waals surface area contributed by atoms with E-state index in [1.54, 1.807) is 19.1 Å². The van der Waals surface area contributed by atoms with Crippen LogP contribution in [0, 0.1) is 13.8 Å². The van der Waals surface area contributed by atoms with Gasteiger partial charge in [-0.2, -0.15) is 0 Å². The van der Waals surface area contributed by atoms with E-state index in [-0.39, 0.29) is 29.4 Å². The van der Waals surface area contributed by atoms with Crippen molar-refractivity contribution in [1.82, 2.24) is 25.1 Å². The molecule has 154 valence electrons. The number of thiazole rings is 1. The van der Waals surface area contributed by atoms with Gasteiger partial charge < -0.3 is 19.6 Å². The van der Waals surface area contributed by atoms with Gasteiger partial charge in [0.25, 0.3) is 5.91 Å². The zero-order valence-electron chi connectivity index (χ0n) is 16.6. The highest BCUT2D eigenvalue weighted by molar-refractivity contribution is 8.00. The maximum Gasteiger partial charge on any atom is 0.287 e. The molecule has 9 nitrogen and oxygen atoms in total. The zero-order chi connectivity index (χ0) is 21.0. The lowest BCUT2D eigenvalue weighted by Gasteiger charge is -2.11. The lowest BCUT2D eigenvalue weighted by Crippen LogP contribution is -2.25. The highest BCUT2D eigenvalue weighted by Gasteiger charge is 2.21. The van der Waals surface area contributed by atoms with Gasteiger partial charge in [-0.1, -0.05) is 11.8 Å². The second-order valence-electron chi connectivity index (χ2n) is 6.21. The quantitative estimate of drug-likeness (QED) is 0.524. The number of thioether (sulfide) groups is 1. The number of nitrogens with one attached hydrogen (secondary N) is 2. The first-order valence-corrected chi connectivity index (χ1v) is 10.7. The lowest BCUT2D eigenvalue weighted by molar-refractivity contribution is -0.115. The summed E-state index contributed by atoms with van der Waals surface area (Å²) in [5.41, 5.74) is 0.914. The van der Waals surface area contributed by atoms with E-state index in [9.17, 15) is 9.59 Å². The fraction of sp³-hybridized carbons (Fsp3) is 0.389. The summed E-state index contributed by atoms with van der Waals surface area (Å²) in [5, 5.41) is 14.8. The Hall–Kier alpha value is -2.66. The molecule has 1 atom stereocenters. The Kier molecular flexibility index (Phi) is 6.70. The number of carbonyl (C=O) groups is 2. The molecule has 0 aliphatic carbocycles. The molecule has 0 saturated heterocycles. The molecule has 3 aromatic rings. The molecule has 0 saturated carbocycles. The summed E-state index contributed by atoms with van der Waals surface area (Å²) in [6.45, 7) is 8.46. The van der Waals surface area contributed by atoms with Crippen LogP contribution in [-0.2, 0) is 17.9 Å². The van der Waals surface area contributed by atoms with Gasteiger partial charge >= 0.3 is 0 Å². The summed E-state index contributed by atoms with van der Waals surface area (Å²) in [4.78, 5) is 29.9. The Morgan fingerprint density at radius 3 is 2.76 bits per heavy atom. The summed E-state index contributed by atoms with van der Waals surface area (Å²) >= 11 is 2.76. The highest BCUT2D eigenvalue weighted by Crippen LogP contribution is 2.25. The second-order valence-corrected chi connectivity index (χ2v) is 8.72. The normalized spacial score (nSPS) is 12.0. The van der Waals surface area contributed by atoms with Crippen LogP contribution < -0.4 is 10.6 Å². The van der Waals surface area contributed by atoms with Gasteiger partial charge in [0.15, 0.2) is 21.9 Å². The number of anilines is 1. The standard InChI is InChI=1S/C18H22N6O3S2/c1-5-24-14(9-19-16(26)13-7-6-8-27-13)22-23-18(24)29-12(4)15(25)21-17-20-10(2)11(3)28-17/h6-8,12H,5,9H2,1-4H3,(H,19,26)(H,20,21,25). The fourth-order valence-electron chi connectivity index (χ4n) is 2.45. The van der Waals surface area contributed by atoms with E-state index >= 15 is 0 Å². The lowest BCUT2D eigenvalue weighted by atomic mass is 10.4. The molecule has 3 heterocycles. The largest absolute Gasteiger partial charge is 0.459 e. The summed E-state index contributed by atoms with van der Waals surface area (Å²) in [7, 11) is 0. The molecule has 0 aromatic carbocycles. The topological polar surface area (TPSA) is 115 Å². The van der Waals surface area contributed by atoms with Gasteiger partial charge in [0.05, 0.1) is 23.8 Å². The molecular formula is C18H22N6O3S2. The number of amides is 2. The van der Waals surface area contributed by atoms with Crippen LogP contribution in [0.15, 0.2) is 28.0 Å². The van der Waals surface area contributed by atoms with Crippen molar-refractivity contribution >= 4 is 40.0 Å². The molecule has 29 heavy (non-hydrogen) atoms. The Labute approximate surface area is 176 Å². The van der Waals surface area contributed by atoms with E-state index in [0.717, 1.165) is 10.6 Å². The number of carbonyl (C=O) groups excluding carboxylic acids is 2. The van der Waals surface area contributed by atoms with Gasteiger partial charge in [-0.05, 0) is 39.8 Å². The van der Waals surface area contributed by atoms with Gasteiger partial charge in [0.2, 0.25) is 5.91 Å². The summed E-state index contributed by atoms with van der Waals surface area (Å²) < 4.78 is 6.94. The highest BCUT2D eigenvalue weighted by atomic mass is 32.2. The fourth-order valence-corrected chi connectivity index (χ4v) is 4.20. The van der Waals surface area contributed by atoms with Crippen LogP contribution in [-0.4, -0.2) is 36.8 Å². The van der Waals surface area contributed by atoms with E-state index in [4.69, 9.17) is 4.42 Å². The van der Waals surface area contributed by atoms with Crippen LogP contribution in [0.5, 0.6) is 0 Å². The van der Waals surface area contributed by atoms with Crippen LogP contribution in [0.4, 0.5) is 5.13 Å². The van der Waals surface area contributed by atoms with Crippen molar-refractivity contribution in [3.05, 3.63) is 40.6 Å². The van der Waals surface area contributed by atoms with Crippen molar-refractivity contribution in [2.75, 3.05) is 5.32 Å². The molecule has 11 heteroatoms. The van der Waals surface area contributed by atoms with Crippen molar-refractivity contribution in [3.8, 4) is 0 Å². The van der Waals surface area contributed by atoms with Gasteiger partial charge in [-0.25, -0.2) is 4.98 Å². The Morgan fingerprint density at radius 2 is 2.14 bits per heavy atom. The summed E-state index contributed by atoms with van der Waals surface area (Å²) in [6.07, 6.45) is 1.44. The third-order valence-corrected chi connectivity index (χ3v) is 6.24. The van der Waals surface area contributed by atoms with Crippen LogP contribution in [0.3, 0.4) is 0 Å². The molecular weight excluding hydrogens is 412 g/mol. The van der Waals surface area contributed by atoms with Crippen LogP contribution in [0.1, 0.15) is 40.8 Å². The summed E-state index contributed by atoms with van der Waals surface area (Å²) in [6, 6.07) is 3.24. The van der Waals surface area contributed by atoms with Gasteiger partial charge in [-0.15, -0.1) is 21.5 Å². The SMILES string of the molecule is CCn1c(CNC(=O)c2ccco2)nnc1SC(C)C(=O)Nc1nc(C)c(C)s1. The van der Waals surface area contributed by atoms with Crippen molar-refractivity contribution < 1.29 is 14.0 Å². The molecule has 0 aliphatic heterocycles. The van der Waals surface area contributed by atoms with Crippen LogP contribution >= 0.6 is 23.1 Å². The van der Waals surface area contributed by atoms with E-state index in [1.165, 1.54) is 29.4 Å². The number of nitrogens with zero attached hydrogens (tertiary/aromatic N) is 4.